The molecule has 0 spiro atoms. The van der Waals surface area contributed by atoms with Gasteiger partial charge in [-0.05, 0) is 49.2 Å². The van der Waals surface area contributed by atoms with E-state index in [1.807, 2.05) is 54.6 Å². The highest BCUT2D eigenvalue weighted by molar-refractivity contribution is 9.10. The second-order valence-corrected chi connectivity index (χ2v) is 8.20. The topological polar surface area (TPSA) is 102 Å². The summed E-state index contributed by atoms with van der Waals surface area (Å²) < 4.78 is 2.64. The molecule has 2 N–H and O–H groups in total. The van der Waals surface area contributed by atoms with E-state index in [1.54, 1.807) is 10.7 Å². The molecule has 8 nitrogen and oxygen atoms in total. The van der Waals surface area contributed by atoms with Gasteiger partial charge in [0.2, 0.25) is 0 Å². The minimum Gasteiger partial charge on any atom is -0.266 e. The standard InChI is InChI=1S/C22H17BrN6O2/c23-15-8-10-16(11-9-15)29-20(14-5-6-14)19(25-28-29)22(31)27-26-21(30)18-12-7-13-3-1-2-4-17(13)24-18/h1-4,7-12,14H,5-6H2,(H,26,30)(H,27,31). The average molecular weight is 477 g/mol. The largest absolute Gasteiger partial charge is 0.292 e. The Hall–Kier alpha value is -3.59. The van der Waals surface area contributed by atoms with Crippen LogP contribution in [0.1, 0.15) is 45.4 Å². The molecule has 2 aromatic carbocycles. The number of hydrogen-bond donors (Lipinski definition) is 2. The third kappa shape index (κ3) is 3.91. The number of para-hydroxylation sites is 1. The van der Waals surface area contributed by atoms with Crippen molar-refractivity contribution >= 4 is 38.6 Å². The summed E-state index contributed by atoms with van der Waals surface area (Å²) in [7, 11) is 0. The Morgan fingerprint density at radius 1 is 0.935 bits per heavy atom. The molecule has 9 heteroatoms. The van der Waals surface area contributed by atoms with Crippen LogP contribution < -0.4 is 10.9 Å². The summed E-state index contributed by atoms with van der Waals surface area (Å²) in [5.41, 5.74) is 7.55. The second kappa shape index (κ2) is 7.92. The fourth-order valence-electron chi connectivity index (χ4n) is 3.38. The van der Waals surface area contributed by atoms with Crippen LogP contribution in [0.25, 0.3) is 16.6 Å². The number of hydrogen-bond acceptors (Lipinski definition) is 5. The lowest BCUT2D eigenvalue weighted by atomic mass is 10.2. The fraction of sp³-hybridized carbons (Fsp3) is 0.136. The van der Waals surface area contributed by atoms with E-state index < -0.39 is 11.8 Å². The number of carbonyl (C=O) groups excluding carboxylic acids is 2. The monoisotopic (exact) mass is 476 g/mol. The van der Waals surface area contributed by atoms with E-state index in [-0.39, 0.29) is 17.3 Å². The molecule has 1 saturated carbocycles. The van der Waals surface area contributed by atoms with Crippen LogP contribution in [0.3, 0.4) is 0 Å². The molecular weight excluding hydrogens is 460 g/mol. The first kappa shape index (κ1) is 19.4. The maximum absolute atomic E-state index is 12.8. The predicted molar refractivity (Wildman–Crippen MR) is 118 cm³/mol. The first-order valence-corrected chi connectivity index (χ1v) is 10.6. The number of pyridine rings is 1. The summed E-state index contributed by atoms with van der Waals surface area (Å²) in [5, 5.41) is 9.21. The molecule has 31 heavy (non-hydrogen) atoms. The van der Waals surface area contributed by atoms with Gasteiger partial charge in [-0.2, -0.15) is 0 Å². The number of benzene rings is 2. The minimum atomic E-state index is -0.514. The fourth-order valence-corrected chi connectivity index (χ4v) is 3.64. The van der Waals surface area contributed by atoms with Crippen molar-refractivity contribution in [1.82, 2.24) is 30.8 Å². The molecule has 154 valence electrons. The van der Waals surface area contributed by atoms with E-state index in [2.05, 4.69) is 42.1 Å². The number of rotatable bonds is 4. The molecule has 2 amide bonds. The number of fused-ring (bicyclic) bond motifs is 1. The van der Waals surface area contributed by atoms with Gasteiger partial charge in [-0.3, -0.25) is 20.4 Å². The Kier molecular flexibility index (Phi) is 4.95. The van der Waals surface area contributed by atoms with Gasteiger partial charge in [-0.25, -0.2) is 9.67 Å². The SMILES string of the molecule is O=C(NNC(=O)c1nnn(-c2ccc(Br)cc2)c1C1CC1)c1ccc2ccccc2n1. The quantitative estimate of drug-likeness (QED) is 0.438. The molecule has 5 rings (SSSR count). The van der Waals surface area contributed by atoms with Gasteiger partial charge in [0, 0.05) is 15.8 Å². The highest BCUT2D eigenvalue weighted by atomic mass is 79.9. The van der Waals surface area contributed by atoms with Crippen LogP contribution in [0.2, 0.25) is 0 Å². The molecule has 0 radical (unpaired) electrons. The van der Waals surface area contributed by atoms with Crippen LogP contribution in [0.4, 0.5) is 0 Å². The number of aromatic nitrogens is 4. The van der Waals surface area contributed by atoms with Crippen molar-refractivity contribution in [3.8, 4) is 5.69 Å². The Morgan fingerprint density at radius 3 is 2.45 bits per heavy atom. The maximum Gasteiger partial charge on any atom is 0.292 e. The zero-order valence-corrected chi connectivity index (χ0v) is 17.8. The van der Waals surface area contributed by atoms with Crippen molar-refractivity contribution in [3.63, 3.8) is 0 Å². The lowest BCUT2D eigenvalue weighted by molar-refractivity contribution is 0.0841. The number of hydrazine groups is 1. The van der Waals surface area contributed by atoms with Crippen molar-refractivity contribution in [3.05, 3.63) is 82.2 Å². The molecule has 0 atom stereocenters. The molecule has 1 aliphatic rings. The second-order valence-electron chi connectivity index (χ2n) is 7.28. The molecule has 0 saturated heterocycles. The zero-order chi connectivity index (χ0) is 21.4. The predicted octanol–water partition coefficient (Wildman–Crippen LogP) is 3.53. The minimum absolute atomic E-state index is 0.206. The van der Waals surface area contributed by atoms with E-state index in [0.29, 0.717) is 5.52 Å². The van der Waals surface area contributed by atoms with Gasteiger partial charge in [0.1, 0.15) is 5.69 Å². The maximum atomic E-state index is 12.8. The van der Waals surface area contributed by atoms with Crippen molar-refractivity contribution in [1.29, 1.82) is 0 Å². The van der Waals surface area contributed by atoms with Crippen LogP contribution in [-0.2, 0) is 0 Å². The van der Waals surface area contributed by atoms with Gasteiger partial charge in [0.25, 0.3) is 11.8 Å². The summed E-state index contributed by atoms with van der Waals surface area (Å²) in [6, 6.07) is 18.5. The van der Waals surface area contributed by atoms with Gasteiger partial charge < -0.3 is 0 Å². The summed E-state index contributed by atoms with van der Waals surface area (Å²) in [6.45, 7) is 0. The molecule has 0 bridgehead atoms. The van der Waals surface area contributed by atoms with Crippen LogP contribution in [0, 0.1) is 0 Å². The highest BCUT2D eigenvalue weighted by Crippen LogP contribution is 2.42. The lowest BCUT2D eigenvalue weighted by Crippen LogP contribution is -2.42. The van der Waals surface area contributed by atoms with E-state index in [1.165, 1.54) is 0 Å². The Labute approximate surface area is 185 Å². The van der Waals surface area contributed by atoms with Crippen molar-refractivity contribution in [2.24, 2.45) is 0 Å². The Balaban J connectivity index is 1.34. The average Bonchev–Trinajstić information content (AvgIpc) is 3.55. The number of carbonyl (C=O) groups is 2. The number of halogens is 1. The zero-order valence-electron chi connectivity index (χ0n) is 16.2. The molecule has 2 heterocycles. The summed E-state index contributed by atoms with van der Waals surface area (Å²) in [6.07, 6.45) is 1.94. The van der Waals surface area contributed by atoms with Gasteiger partial charge in [-0.15, -0.1) is 5.10 Å². The third-order valence-corrected chi connectivity index (χ3v) is 5.60. The van der Waals surface area contributed by atoms with Gasteiger partial charge in [0.05, 0.1) is 16.9 Å². The first-order valence-electron chi connectivity index (χ1n) is 9.78. The number of nitrogens with one attached hydrogen (secondary N) is 2. The molecule has 1 aliphatic carbocycles. The van der Waals surface area contributed by atoms with E-state index in [9.17, 15) is 9.59 Å². The van der Waals surface area contributed by atoms with E-state index >= 15 is 0 Å². The Bertz CT molecular complexity index is 1300. The van der Waals surface area contributed by atoms with Crippen LogP contribution in [-0.4, -0.2) is 31.8 Å². The third-order valence-electron chi connectivity index (χ3n) is 5.08. The van der Waals surface area contributed by atoms with Crippen molar-refractivity contribution in [2.45, 2.75) is 18.8 Å². The number of amides is 2. The number of nitrogens with zero attached hydrogens (tertiary/aromatic N) is 4. The van der Waals surface area contributed by atoms with Crippen molar-refractivity contribution < 1.29 is 9.59 Å². The summed E-state index contributed by atoms with van der Waals surface area (Å²) in [5.74, 6) is -0.802. The smallest absolute Gasteiger partial charge is 0.266 e. The van der Waals surface area contributed by atoms with Gasteiger partial charge in [-0.1, -0.05) is 45.4 Å². The highest BCUT2D eigenvalue weighted by Gasteiger charge is 2.34. The van der Waals surface area contributed by atoms with Gasteiger partial charge in [0.15, 0.2) is 5.69 Å². The molecule has 2 aromatic heterocycles. The normalized spacial score (nSPS) is 13.2. The van der Waals surface area contributed by atoms with Crippen LogP contribution in [0.15, 0.2) is 65.1 Å². The van der Waals surface area contributed by atoms with E-state index in [0.717, 1.165) is 34.1 Å². The van der Waals surface area contributed by atoms with Gasteiger partial charge >= 0.3 is 0 Å². The molecule has 0 unspecified atom stereocenters. The Morgan fingerprint density at radius 2 is 1.68 bits per heavy atom. The molecular formula is C22H17BrN6O2. The molecule has 1 fully saturated rings. The van der Waals surface area contributed by atoms with Crippen LogP contribution in [0.5, 0.6) is 0 Å². The first-order chi connectivity index (χ1) is 15.1. The molecule has 4 aromatic rings. The summed E-state index contributed by atoms with van der Waals surface area (Å²) >= 11 is 3.42. The van der Waals surface area contributed by atoms with Crippen LogP contribution >= 0.6 is 15.9 Å². The van der Waals surface area contributed by atoms with Crippen molar-refractivity contribution in [2.75, 3.05) is 0 Å². The molecule has 0 aliphatic heterocycles. The summed E-state index contributed by atoms with van der Waals surface area (Å²) in [4.78, 5) is 29.6. The van der Waals surface area contributed by atoms with E-state index in [4.69, 9.17) is 0 Å². The lowest BCUT2D eigenvalue weighted by Gasteiger charge is -2.09.